The van der Waals surface area contributed by atoms with Gasteiger partial charge in [-0.1, -0.05) is 51.2 Å². The van der Waals surface area contributed by atoms with Crippen molar-refractivity contribution in [2.75, 3.05) is 11.5 Å². The fourth-order valence-electron chi connectivity index (χ4n) is 4.46. The molecule has 3 atom stereocenters. The lowest BCUT2D eigenvalue weighted by Crippen LogP contribution is -2.32. The van der Waals surface area contributed by atoms with Crippen molar-refractivity contribution in [3.05, 3.63) is 78.9 Å². The van der Waals surface area contributed by atoms with Crippen LogP contribution in [0, 0.1) is 11.7 Å². The number of hydrogen-bond acceptors (Lipinski definition) is 7. The maximum atomic E-state index is 13.7. The Bertz CT molecular complexity index is 1390. The van der Waals surface area contributed by atoms with Gasteiger partial charge < -0.3 is 4.74 Å². The number of imide groups is 1. The van der Waals surface area contributed by atoms with Crippen molar-refractivity contribution in [1.82, 2.24) is 4.57 Å². The normalized spacial score (nSPS) is 21.1. The van der Waals surface area contributed by atoms with Gasteiger partial charge in [0.2, 0.25) is 11.8 Å². The van der Waals surface area contributed by atoms with Crippen LogP contribution >= 0.6 is 39.0 Å². The van der Waals surface area contributed by atoms with E-state index < -0.39 is 40.7 Å². The molecular weight excluding hydrogens is 559 g/mol. The number of thiazole rings is 1. The van der Waals surface area contributed by atoms with E-state index in [-0.39, 0.29) is 18.0 Å². The zero-order valence-electron chi connectivity index (χ0n) is 18.3. The van der Waals surface area contributed by atoms with Gasteiger partial charge in [0.05, 0.1) is 23.2 Å². The van der Waals surface area contributed by atoms with Crippen LogP contribution in [0.5, 0.6) is 0 Å². The SMILES string of the molecule is CCOC(=O)Cn1c2c(sc1=O)[C@H](c1ccc(Br)cc1)C1C(=O)N(c3ccc(F)cc3)C(=O)C1S2. The van der Waals surface area contributed by atoms with Crippen LogP contribution in [0.2, 0.25) is 0 Å². The summed E-state index contributed by atoms with van der Waals surface area (Å²) < 4.78 is 20.7. The van der Waals surface area contributed by atoms with Crippen molar-refractivity contribution in [2.45, 2.75) is 29.7 Å². The summed E-state index contributed by atoms with van der Waals surface area (Å²) in [4.78, 5) is 53.7. The highest BCUT2D eigenvalue weighted by molar-refractivity contribution is 9.10. The van der Waals surface area contributed by atoms with E-state index in [0.717, 1.165) is 38.0 Å². The van der Waals surface area contributed by atoms with Gasteiger partial charge in [0.1, 0.15) is 17.6 Å². The molecule has 2 aromatic carbocycles. The molecule has 1 saturated heterocycles. The third kappa shape index (κ3) is 4.15. The van der Waals surface area contributed by atoms with E-state index in [2.05, 4.69) is 15.9 Å². The molecule has 180 valence electrons. The van der Waals surface area contributed by atoms with Crippen LogP contribution in [-0.2, 0) is 25.7 Å². The number of fused-ring (bicyclic) bond motifs is 2. The first-order valence-corrected chi connectivity index (χ1v) is 13.2. The number of anilines is 1. The molecule has 1 fully saturated rings. The van der Waals surface area contributed by atoms with Gasteiger partial charge in [-0.15, -0.1) is 0 Å². The molecule has 0 aliphatic carbocycles. The van der Waals surface area contributed by atoms with Crippen molar-refractivity contribution < 1.29 is 23.5 Å². The lowest BCUT2D eigenvalue weighted by Gasteiger charge is -2.30. The Labute approximate surface area is 216 Å². The highest BCUT2D eigenvalue weighted by atomic mass is 79.9. The van der Waals surface area contributed by atoms with Gasteiger partial charge in [-0.05, 0) is 48.9 Å². The monoisotopic (exact) mass is 576 g/mol. The molecule has 2 unspecified atom stereocenters. The third-order valence-electron chi connectivity index (χ3n) is 5.96. The number of amides is 2. The van der Waals surface area contributed by atoms with E-state index >= 15 is 0 Å². The molecule has 2 aliphatic rings. The summed E-state index contributed by atoms with van der Waals surface area (Å²) in [5.41, 5.74) is 1.06. The fourth-order valence-corrected chi connectivity index (χ4v) is 7.50. The Morgan fingerprint density at radius 3 is 2.40 bits per heavy atom. The van der Waals surface area contributed by atoms with Crippen molar-refractivity contribution >= 4 is 62.5 Å². The van der Waals surface area contributed by atoms with E-state index in [0.29, 0.717) is 15.6 Å². The Kier molecular flexibility index (Phi) is 6.41. The first-order chi connectivity index (χ1) is 16.8. The number of ether oxygens (including phenoxy) is 1. The maximum Gasteiger partial charge on any atom is 0.326 e. The smallest absolute Gasteiger partial charge is 0.326 e. The van der Waals surface area contributed by atoms with E-state index in [9.17, 15) is 23.6 Å². The van der Waals surface area contributed by atoms with E-state index in [1.807, 2.05) is 24.3 Å². The largest absolute Gasteiger partial charge is 0.465 e. The molecule has 5 rings (SSSR count). The van der Waals surface area contributed by atoms with Gasteiger partial charge >= 0.3 is 10.8 Å². The van der Waals surface area contributed by atoms with Crippen LogP contribution in [0.3, 0.4) is 0 Å². The summed E-state index contributed by atoms with van der Waals surface area (Å²) in [7, 11) is 0. The minimum absolute atomic E-state index is 0.179. The number of rotatable bonds is 5. The molecule has 0 saturated carbocycles. The number of halogens is 2. The van der Waals surface area contributed by atoms with Crippen LogP contribution in [0.15, 0.2) is 62.8 Å². The van der Waals surface area contributed by atoms with Crippen LogP contribution < -0.4 is 9.77 Å². The van der Waals surface area contributed by atoms with Crippen molar-refractivity contribution in [2.24, 2.45) is 5.92 Å². The number of hydrogen-bond donors (Lipinski definition) is 0. The molecule has 7 nitrogen and oxygen atoms in total. The first-order valence-electron chi connectivity index (χ1n) is 10.7. The number of aromatic nitrogens is 1. The lowest BCUT2D eigenvalue weighted by molar-refractivity contribution is -0.144. The number of esters is 1. The molecule has 0 bridgehead atoms. The minimum Gasteiger partial charge on any atom is -0.465 e. The molecule has 3 aromatic rings. The summed E-state index contributed by atoms with van der Waals surface area (Å²) >= 11 is 5.51. The van der Waals surface area contributed by atoms with E-state index in [1.165, 1.54) is 28.8 Å². The number of benzene rings is 2. The molecule has 3 heterocycles. The molecular formula is C24H18BrFN2O5S2. The second-order valence-corrected chi connectivity index (χ2v) is 11.0. The molecule has 11 heteroatoms. The van der Waals surface area contributed by atoms with Gasteiger partial charge in [-0.2, -0.15) is 0 Å². The van der Waals surface area contributed by atoms with Crippen LogP contribution in [0.4, 0.5) is 10.1 Å². The maximum absolute atomic E-state index is 13.7. The van der Waals surface area contributed by atoms with E-state index in [1.54, 1.807) is 6.92 Å². The predicted octanol–water partition coefficient (Wildman–Crippen LogP) is 4.17. The first kappa shape index (κ1) is 24.0. The molecule has 35 heavy (non-hydrogen) atoms. The number of thioether (sulfide) groups is 1. The molecule has 2 aliphatic heterocycles. The predicted molar refractivity (Wildman–Crippen MR) is 133 cm³/mol. The highest BCUT2D eigenvalue weighted by Gasteiger charge is 2.56. The second-order valence-electron chi connectivity index (χ2n) is 8.01. The van der Waals surface area contributed by atoms with Gasteiger partial charge in [0.15, 0.2) is 0 Å². The summed E-state index contributed by atoms with van der Waals surface area (Å²) in [5.74, 6) is -3.20. The molecule has 0 radical (unpaired) electrons. The fraction of sp³-hybridized carbons (Fsp3) is 0.250. The summed E-state index contributed by atoms with van der Waals surface area (Å²) in [5, 5.41) is -0.319. The average Bonchev–Trinajstić information content (AvgIpc) is 3.27. The van der Waals surface area contributed by atoms with Crippen molar-refractivity contribution in [3.63, 3.8) is 0 Å². The molecule has 0 spiro atoms. The standard InChI is InChI=1S/C24H18BrFN2O5S2/c1-2-33-16(29)11-27-23-20(35-24(27)32)17(12-3-5-13(25)6-4-12)18-19(34-23)22(31)28(21(18)30)15-9-7-14(26)8-10-15/h3-10,17-19H,2,11H2,1H3/t17-,18?,19?/m1/s1. The van der Waals surface area contributed by atoms with Gasteiger partial charge in [-0.3, -0.25) is 23.7 Å². The lowest BCUT2D eigenvalue weighted by atomic mass is 9.83. The molecule has 2 amide bonds. The number of nitrogens with zero attached hydrogens (tertiary/aromatic N) is 2. The van der Waals surface area contributed by atoms with Crippen molar-refractivity contribution in [3.8, 4) is 0 Å². The summed E-state index contributed by atoms with van der Waals surface area (Å²) in [6.07, 6.45) is 0. The van der Waals surface area contributed by atoms with Crippen LogP contribution in [0.1, 0.15) is 23.3 Å². The van der Waals surface area contributed by atoms with Crippen LogP contribution in [-0.4, -0.2) is 34.2 Å². The Morgan fingerprint density at radius 2 is 1.74 bits per heavy atom. The van der Waals surface area contributed by atoms with E-state index in [4.69, 9.17) is 4.74 Å². The zero-order chi connectivity index (χ0) is 24.9. The van der Waals surface area contributed by atoms with Gasteiger partial charge in [0.25, 0.3) is 0 Å². The summed E-state index contributed by atoms with van der Waals surface area (Å²) in [6, 6.07) is 12.6. The van der Waals surface area contributed by atoms with Gasteiger partial charge in [0, 0.05) is 15.3 Å². The number of carbonyl (C=O) groups excluding carboxylic acids is 3. The topological polar surface area (TPSA) is 85.7 Å². The van der Waals surface area contributed by atoms with Gasteiger partial charge in [-0.25, -0.2) is 9.29 Å². The third-order valence-corrected chi connectivity index (χ3v) is 9.09. The second kappa shape index (κ2) is 9.36. The zero-order valence-corrected chi connectivity index (χ0v) is 21.5. The Balaban J connectivity index is 1.64. The van der Waals surface area contributed by atoms with Crippen LogP contribution in [0.25, 0.3) is 0 Å². The summed E-state index contributed by atoms with van der Waals surface area (Å²) in [6.45, 7) is 1.58. The Morgan fingerprint density at radius 1 is 1.06 bits per heavy atom. The number of carbonyl (C=O) groups is 3. The molecule has 0 N–H and O–H groups in total. The quantitative estimate of drug-likeness (QED) is 0.335. The Hall–Kier alpha value is -2.76. The molecule has 1 aromatic heterocycles. The minimum atomic E-state index is -0.809. The average molecular weight is 577 g/mol. The highest BCUT2D eigenvalue weighted by Crippen LogP contribution is 2.53. The van der Waals surface area contributed by atoms with Crippen molar-refractivity contribution in [1.29, 1.82) is 0 Å².